The molecular weight excluding hydrogens is 362 g/mol. The highest BCUT2D eigenvalue weighted by Gasteiger charge is 2.06. The Balaban J connectivity index is 1.67. The largest absolute Gasteiger partial charge is 0.490 e. The average molecular weight is 382 g/mol. The third kappa shape index (κ3) is 5.72. The highest BCUT2D eigenvalue weighted by atomic mass is 35.5. The maximum absolute atomic E-state index is 5.91. The van der Waals surface area contributed by atoms with E-state index in [1.54, 1.807) is 12.4 Å². The van der Waals surface area contributed by atoms with Gasteiger partial charge in [-0.2, -0.15) is 5.10 Å². The van der Waals surface area contributed by atoms with Gasteiger partial charge >= 0.3 is 0 Å². The number of halogens is 1. The standard InChI is InChI=1S/C21H20ClN3O2/c1-2-26-20-13-17(14-24-25-21-5-3-4-12-23-21)8-11-19(20)27-15-16-6-9-18(22)10-7-16/h3-14H,2,15H2,1H3,(H,23,25). The third-order valence-corrected chi connectivity index (χ3v) is 3.88. The van der Waals surface area contributed by atoms with Crippen molar-refractivity contribution in [2.45, 2.75) is 13.5 Å². The predicted octanol–water partition coefficient (Wildman–Crippen LogP) is 5.16. The molecule has 0 radical (unpaired) electrons. The van der Waals surface area contributed by atoms with Crippen molar-refractivity contribution in [3.63, 3.8) is 0 Å². The molecule has 0 aliphatic heterocycles. The molecule has 1 aromatic heterocycles. The van der Waals surface area contributed by atoms with Crippen LogP contribution in [0.5, 0.6) is 11.5 Å². The van der Waals surface area contributed by atoms with Crippen LogP contribution in [0.1, 0.15) is 18.1 Å². The summed E-state index contributed by atoms with van der Waals surface area (Å²) in [5.74, 6) is 2.04. The van der Waals surface area contributed by atoms with Gasteiger partial charge in [-0.1, -0.05) is 29.8 Å². The molecule has 0 bridgehead atoms. The maximum atomic E-state index is 5.91. The van der Waals surface area contributed by atoms with Crippen LogP contribution in [-0.2, 0) is 6.61 Å². The van der Waals surface area contributed by atoms with Crippen molar-refractivity contribution in [2.24, 2.45) is 5.10 Å². The number of hydrazone groups is 1. The van der Waals surface area contributed by atoms with Crippen molar-refractivity contribution in [2.75, 3.05) is 12.0 Å². The van der Waals surface area contributed by atoms with Gasteiger partial charge in [-0.15, -0.1) is 0 Å². The summed E-state index contributed by atoms with van der Waals surface area (Å²) in [6, 6.07) is 18.8. The lowest BCUT2D eigenvalue weighted by Crippen LogP contribution is -2.00. The van der Waals surface area contributed by atoms with E-state index in [2.05, 4.69) is 15.5 Å². The lowest BCUT2D eigenvalue weighted by molar-refractivity contribution is 0.269. The van der Waals surface area contributed by atoms with Gasteiger partial charge in [0.2, 0.25) is 0 Å². The number of hydrogen-bond acceptors (Lipinski definition) is 5. The minimum Gasteiger partial charge on any atom is -0.490 e. The van der Waals surface area contributed by atoms with Crippen LogP contribution in [0.2, 0.25) is 5.02 Å². The van der Waals surface area contributed by atoms with Gasteiger partial charge in [0.1, 0.15) is 12.4 Å². The Bertz CT molecular complexity index is 884. The second kappa shape index (κ2) is 9.59. The van der Waals surface area contributed by atoms with Crippen LogP contribution in [0, 0.1) is 0 Å². The molecule has 0 unspecified atom stereocenters. The van der Waals surface area contributed by atoms with Crippen molar-refractivity contribution in [1.82, 2.24) is 4.98 Å². The number of nitrogens with zero attached hydrogens (tertiary/aromatic N) is 2. The van der Waals surface area contributed by atoms with Crippen molar-refractivity contribution < 1.29 is 9.47 Å². The van der Waals surface area contributed by atoms with Crippen LogP contribution >= 0.6 is 11.6 Å². The summed E-state index contributed by atoms with van der Waals surface area (Å²) in [5, 5.41) is 4.90. The Hall–Kier alpha value is -3.05. The van der Waals surface area contributed by atoms with Gasteiger partial charge in [-0.3, -0.25) is 5.43 Å². The molecule has 1 heterocycles. The van der Waals surface area contributed by atoms with Crippen LogP contribution < -0.4 is 14.9 Å². The molecule has 0 aliphatic carbocycles. The molecule has 3 rings (SSSR count). The lowest BCUT2D eigenvalue weighted by Gasteiger charge is -2.12. The van der Waals surface area contributed by atoms with Crippen molar-refractivity contribution >= 4 is 23.6 Å². The number of anilines is 1. The summed E-state index contributed by atoms with van der Waals surface area (Å²) in [7, 11) is 0. The fourth-order valence-electron chi connectivity index (χ4n) is 2.34. The molecule has 0 spiro atoms. The Labute approximate surface area is 163 Å². The fourth-order valence-corrected chi connectivity index (χ4v) is 2.46. The van der Waals surface area contributed by atoms with E-state index in [1.807, 2.05) is 67.6 Å². The van der Waals surface area contributed by atoms with E-state index in [4.69, 9.17) is 21.1 Å². The molecular formula is C21H20ClN3O2. The van der Waals surface area contributed by atoms with Crippen LogP contribution in [0.25, 0.3) is 0 Å². The molecule has 2 aromatic carbocycles. The molecule has 0 aliphatic rings. The molecule has 5 nitrogen and oxygen atoms in total. The summed E-state index contributed by atoms with van der Waals surface area (Å²) in [6.07, 6.45) is 3.41. The molecule has 27 heavy (non-hydrogen) atoms. The van der Waals surface area contributed by atoms with Gasteiger partial charge in [-0.25, -0.2) is 4.98 Å². The van der Waals surface area contributed by atoms with E-state index < -0.39 is 0 Å². The number of ether oxygens (including phenoxy) is 2. The highest BCUT2D eigenvalue weighted by Crippen LogP contribution is 2.29. The lowest BCUT2D eigenvalue weighted by atomic mass is 10.2. The third-order valence-electron chi connectivity index (χ3n) is 3.63. The first-order valence-corrected chi connectivity index (χ1v) is 8.96. The molecule has 0 amide bonds. The van der Waals surface area contributed by atoms with E-state index in [0.29, 0.717) is 35.6 Å². The zero-order valence-corrected chi connectivity index (χ0v) is 15.7. The minimum atomic E-state index is 0.436. The first-order valence-electron chi connectivity index (χ1n) is 8.59. The summed E-state index contributed by atoms with van der Waals surface area (Å²) >= 11 is 5.91. The Kier molecular flexibility index (Phi) is 6.66. The highest BCUT2D eigenvalue weighted by molar-refractivity contribution is 6.30. The first kappa shape index (κ1) is 18.7. The van der Waals surface area contributed by atoms with Crippen LogP contribution in [0.4, 0.5) is 5.82 Å². The molecule has 0 saturated carbocycles. The van der Waals surface area contributed by atoms with Crippen LogP contribution in [0.15, 0.2) is 72.0 Å². The van der Waals surface area contributed by atoms with Crippen molar-refractivity contribution in [1.29, 1.82) is 0 Å². The van der Waals surface area contributed by atoms with Crippen molar-refractivity contribution in [3.8, 4) is 11.5 Å². The number of aromatic nitrogens is 1. The number of hydrogen-bond donors (Lipinski definition) is 1. The molecule has 1 N–H and O–H groups in total. The SMILES string of the molecule is CCOc1cc(C=NNc2ccccn2)ccc1OCc1ccc(Cl)cc1. The van der Waals surface area contributed by atoms with E-state index in [-0.39, 0.29) is 0 Å². The zero-order valence-electron chi connectivity index (χ0n) is 14.9. The van der Waals surface area contributed by atoms with Crippen molar-refractivity contribution in [3.05, 3.63) is 83.0 Å². The second-order valence-corrected chi connectivity index (χ2v) is 6.08. The fraction of sp³-hybridized carbons (Fsp3) is 0.143. The van der Waals surface area contributed by atoms with Gasteiger partial charge in [0.05, 0.1) is 12.8 Å². The molecule has 0 saturated heterocycles. The first-order chi connectivity index (χ1) is 13.2. The normalized spacial score (nSPS) is 10.7. The molecule has 6 heteroatoms. The molecule has 0 fully saturated rings. The summed E-state index contributed by atoms with van der Waals surface area (Å²) < 4.78 is 11.6. The zero-order chi connectivity index (χ0) is 18.9. The van der Waals surface area contributed by atoms with Gasteiger partial charge in [0.25, 0.3) is 0 Å². The van der Waals surface area contributed by atoms with Gasteiger partial charge in [0.15, 0.2) is 11.5 Å². The van der Waals surface area contributed by atoms with E-state index in [1.165, 1.54) is 0 Å². The summed E-state index contributed by atoms with van der Waals surface area (Å²) in [4.78, 5) is 4.15. The monoisotopic (exact) mass is 381 g/mol. The van der Waals surface area contributed by atoms with Gasteiger partial charge in [0, 0.05) is 11.2 Å². The predicted molar refractivity (Wildman–Crippen MR) is 109 cm³/mol. The second-order valence-electron chi connectivity index (χ2n) is 5.64. The molecule has 138 valence electrons. The minimum absolute atomic E-state index is 0.436. The average Bonchev–Trinajstić information content (AvgIpc) is 2.70. The number of rotatable bonds is 8. The molecule has 0 atom stereocenters. The Morgan fingerprint density at radius 2 is 1.89 bits per heavy atom. The number of nitrogens with one attached hydrogen (secondary N) is 1. The Morgan fingerprint density at radius 3 is 2.63 bits per heavy atom. The number of pyridine rings is 1. The van der Waals surface area contributed by atoms with Crippen LogP contribution in [-0.4, -0.2) is 17.8 Å². The van der Waals surface area contributed by atoms with E-state index in [9.17, 15) is 0 Å². The Morgan fingerprint density at radius 1 is 1.04 bits per heavy atom. The van der Waals surface area contributed by atoms with Crippen LogP contribution in [0.3, 0.4) is 0 Å². The van der Waals surface area contributed by atoms with E-state index in [0.717, 1.165) is 11.1 Å². The smallest absolute Gasteiger partial charge is 0.161 e. The number of benzene rings is 2. The summed E-state index contributed by atoms with van der Waals surface area (Å²) in [6.45, 7) is 2.92. The topological polar surface area (TPSA) is 55.7 Å². The quantitative estimate of drug-likeness (QED) is 0.432. The maximum Gasteiger partial charge on any atom is 0.161 e. The van der Waals surface area contributed by atoms with Gasteiger partial charge < -0.3 is 9.47 Å². The van der Waals surface area contributed by atoms with E-state index >= 15 is 0 Å². The molecule has 3 aromatic rings. The van der Waals surface area contributed by atoms with Gasteiger partial charge in [-0.05, 0) is 60.5 Å². The summed E-state index contributed by atoms with van der Waals surface area (Å²) in [5.41, 5.74) is 4.81.